The number of rotatable bonds is 2. The van der Waals surface area contributed by atoms with Gasteiger partial charge in [-0.15, -0.1) is 0 Å². The van der Waals surface area contributed by atoms with Crippen LogP contribution in [0.1, 0.15) is 21.5 Å². The van der Waals surface area contributed by atoms with Gasteiger partial charge in [-0.25, -0.2) is 0 Å². The Bertz CT molecular complexity index is 820. The maximum absolute atomic E-state index is 12.6. The van der Waals surface area contributed by atoms with Gasteiger partial charge in [0.2, 0.25) is 0 Å². The van der Waals surface area contributed by atoms with Gasteiger partial charge in [-0.05, 0) is 24.6 Å². The number of para-hydroxylation sites is 1. The zero-order chi connectivity index (χ0) is 14.3. The number of hydrogen-bond acceptors (Lipinski definition) is 1. The third-order valence-electron chi connectivity index (χ3n) is 3.34. The summed E-state index contributed by atoms with van der Waals surface area (Å²) >= 11 is 12.2. The molecule has 0 radical (unpaired) electrons. The molecule has 0 aliphatic carbocycles. The lowest BCUT2D eigenvalue weighted by molar-refractivity contribution is 0.104. The predicted octanol–water partition coefficient (Wildman–Crippen LogP) is 5.01. The van der Waals surface area contributed by atoms with Gasteiger partial charge >= 0.3 is 0 Å². The molecule has 3 rings (SSSR count). The molecule has 0 saturated carbocycles. The topological polar surface area (TPSA) is 32.9 Å². The summed E-state index contributed by atoms with van der Waals surface area (Å²) in [5.74, 6) is -0.0691. The Morgan fingerprint density at radius 3 is 2.65 bits per heavy atom. The molecule has 0 fully saturated rings. The number of carbonyl (C=O) groups is 1. The van der Waals surface area contributed by atoms with Crippen molar-refractivity contribution in [3.8, 4) is 0 Å². The Morgan fingerprint density at radius 1 is 1.10 bits per heavy atom. The van der Waals surface area contributed by atoms with Crippen LogP contribution >= 0.6 is 23.2 Å². The summed E-state index contributed by atoms with van der Waals surface area (Å²) < 4.78 is 0. The number of benzene rings is 2. The van der Waals surface area contributed by atoms with Crippen LogP contribution in [0.15, 0.2) is 42.6 Å². The molecule has 0 unspecified atom stereocenters. The highest BCUT2D eigenvalue weighted by Crippen LogP contribution is 2.27. The minimum atomic E-state index is -0.0691. The standard InChI is InChI=1S/C16H11Cl2NO/c1-9-5-6-10(7-14(9)18)16(20)12-8-19-15-11(12)3-2-4-13(15)17/h2-8,19H,1H3. The molecule has 1 heterocycles. The summed E-state index contributed by atoms with van der Waals surface area (Å²) in [5, 5.41) is 2.01. The first kappa shape index (κ1) is 13.2. The molecular weight excluding hydrogens is 293 g/mol. The van der Waals surface area contributed by atoms with Gasteiger partial charge in [0.15, 0.2) is 5.78 Å². The van der Waals surface area contributed by atoms with E-state index in [4.69, 9.17) is 23.2 Å². The number of hydrogen-bond donors (Lipinski definition) is 1. The first-order valence-corrected chi connectivity index (χ1v) is 6.90. The van der Waals surface area contributed by atoms with Crippen molar-refractivity contribution in [1.82, 2.24) is 4.98 Å². The van der Waals surface area contributed by atoms with E-state index in [0.29, 0.717) is 21.2 Å². The van der Waals surface area contributed by atoms with Crippen LogP contribution in [-0.2, 0) is 0 Å². The predicted molar refractivity (Wildman–Crippen MR) is 82.9 cm³/mol. The van der Waals surface area contributed by atoms with E-state index in [1.165, 1.54) is 0 Å². The van der Waals surface area contributed by atoms with Gasteiger partial charge in [0.1, 0.15) is 0 Å². The molecule has 1 aromatic heterocycles. The second kappa shape index (κ2) is 4.97. The molecule has 0 spiro atoms. The molecule has 0 aliphatic rings. The molecule has 2 nitrogen and oxygen atoms in total. The third kappa shape index (κ3) is 2.11. The number of fused-ring (bicyclic) bond motifs is 1. The fourth-order valence-corrected chi connectivity index (χ4v) is 2.60. The summed E-state index contributed by atoms with van der Waals surface area (Å²) in [7, 11) is 0. The third-order valence-corrected chi connectivity index (χ3v) is 4.07. The van der Waals surface area contributed by atoms with Crippen LogP contribution in [0.5, 0.6) is 0 Å². The number of nitrogens with one attached hydrogen (secondary N) is 1. The molecule has 100 valence electrons. The summed E-state index contributed by atoms with van der Waals surface area (Å²) in [6.07, 6.45) is 1.69. The second-order valence-electron chi connectivity index (χ2n) is 4.66. The lowest BCUT2D eigenvalue weighted by Gasteiger charge is -2.03. The average Bonchev–Trinajstić information content (AvgIpc) is 2.86. The van der Waals surface area contributed by atoms with E-state index in [-0.39, 0.29) is 5.78 Å². The maximum Gasteiger partial charge on any atom is 0.195 e. The maximum atomic E-state index is 12.6. The molecule has 0 amide bonds. The fraction of sp³-hybridized carbons (Fsp3) is 0.0625. The number of halogens is 2. The first-order valence-electron chi connectivity index (χ1n) is 6.14. The van der Waals surface area contributed by atoms with Gasteiger partial charge in [-0.3, -0.25) is 4.79 Å². The second-order valence-corrected chi connectivity index (χ2v) is 5.47. The zero-order valence-corrected chi connectivity index (χ0v) is 12.2. The largest absolute Gasteiger partial charge is 0.359 e. The van der Waals surface area contributed by atoms with Crippen molar-refractivity contribution >= 4 is 39.9 Å². The van der Waals surface area contributed by atoms with Crippen LogP contribution in [0.2, 0.25) is 10.0 Å². The highest BCUT2D eigenvalue weighted by Gasteiger charge is 2.15. The van der Waals surface area contributed by atoms with Crippen LogP contribution in [0.4, 0.5) is 0 Å². The fourth-order valence-electron chi connectivity index (χ4n) is 2.19. The Kier molecular flexibility index (Phi) is 3.28. The monoisotopic (exact) mass is 303 g/mol. The van der Waals surface area contributed by atoms with Crippen molar-refractivity contribution in [2.75, 3.05) is 0 Å². The van der Waals surface area contributed by atoms with E-state index in [2.05, 4.69) is 4.98 Å². The molecule has 3 aromatic rings. The van der Waals surface area contributed by atoms with Gasteiger partial charge in [-0.1, -0.05) is 47.5 Å². The molecule has 0 bridgehead atoms. The normalized spacial score (nSPS) is 10.9. The van der Waals surface area contributed by atoms with Crippen molar-refractivity contribution in [2.24, 2.45) is 0 Å². The molecule has 1 N–H and O–H groups in total. The minimum Gasteiger partial charge on any atom is -0.359 e. The molecular formula is C16H11Cl2NO. The van der Waals surface area contributed by atoms with Crippen molar-refractivity contribution in [3.63, 3.8) is 0 Å². The van der Waals surface area contributed by atoms with Gasteiger partial charge in [-0.2, -0.15) is 0 Å². The number of aryl methyl sites for hydroxylation is 1. The minimum absolute atomic E-state index is 0.0691. The van der Waals surface area contributed by atoms with Gasteiger partial charge in [0.25, 0.3) is 0 Å². The summed E-state index contributed by atoms with van der Waals surface area (Å²) in [6.45, 7) is 1.90. The van der Waals surface area contributed by atoms with E-state index >= 15 is 0 Å². The van der Waals surface area contributed by atoms with Crippen molar-refractivity contribution in [2.45, 2.75) is 6.92 Å². The molecule has 0 saturated heterocycles. The first-order chi connectivity index (χ1) is 9.58. The lowest BCUT2D eigenvalue weighted by atomic mass is 10.0. The number of H-pyrrole nitrogens is 1. The number of aromatic nitrogens is 1. The highest BCUT2D eigenvalue weighted by molar-refractivity contribution is 6.36. The van der Waals surface area contributed by atoms with E-state index in [0.717, 1.165) is 16.5 Å². The van der Waals surface area contributed by atoms with E-state index < -0.39 is 0 Å². The molecule has 2 aromatic carbocycles. The molecule has 0 aliphatic heterocycles. The van der Waals surface area contributed by atoms with E-state index in [9.17, 15) is 4.79 Å². The lowest BCUT2D eigenvalue weighted by Crippen LogP contribution is -2.00. The number of aromatic amines is 1. The van der Waals surface area contributed by atoms with Crippen molar-refractivity contribution in [1.29, 1.82) is 0 Å². The number of ketones is 1. The molecule has 20 heavy (non-hydrogen) atoms. The van der Waals surface area contributed by atoms with Crippen LogP contribution < -0.4 is 0 Å². The highest BCUT2D eigenvalue weighted by atomic mass is 35.5. The summed E-state index contributed by atoms with van der Waals surface area (Å²) in [6, 6.07) is 10.8. The van der Waals surface area contributed by atoms with Gasteiger partial charge in [0.05, 0.1) is 10.5 Å². The smallest absolute Gasteiger partial charge is 0.195 e. The van der Waals surface area contributed by atoms with E-state index in [1.807, 2.05) is 25.1 Å². The molecule has 4 heteroatoms. The zero-order valence-electron chi connectivity index (χ0n) is 10.7. The van der Waals surface area contributed by atoms with Crippen LogP contribution in [0.3, 0.4) is 0 Å². The van der Waals surface area contributed by atoms with E-state index in [1.54, 1.807) is 24.4 Å². The Labute approximate surface area is 126 Å². The van der Waals surface area contributed by atoms with Gasteiger partial charge < -0.3 is 4.98 Å². The Morgan fingerprint density at radius 2 is 1.90 bits per heavy atom. The Balaban J connectivity index is 2.13. The summed E-state index contributed by atoms with van der Waals surface area (Å²) in [5.41, 5.74) is 2.89. The number of carbonyl (C=O) groups excluding carboxylic acids is 1. The van der Waals surface area contributed by atoms with Gasteiger partial charge in [0, 0.05) is 27.7 Å². The molecule has 0 atom stereocenters. The van der Waals surface area contributed by atoms with Crippen LogP contribution in [-0.4, -0.2) is 10.8 Å². The summed E-state index contributed by atoms with van der Waals surface area (Å²) in [4.78, 5) is 15.6. The SMILES string of the molecule is Cc1ccc(C(=O)c2c[nH]c3c(Cl)cccc23)cc1Cl. The average molecular weight is 304 g/mol. The van der Waals surface area contributed by atoms with Crippen LogP contribution in [0.25, 0.3) is 10.9 Å². The quantitative estimate of drug-likeness (QED) is 0.663. The Hall–Kier alpha value is -1.77. The van der Waals surface area contributed by atoms with Crippen LogP contribution in [0, 0.1) is 6.92 Å². The van der Waals surface area contributed by atoms with Crippen molar-refractivity contribution < 1.29 is 4.79 Å². The van der Waals surface area contributed by atoms with Crippen molar-refractivity contribution in [3.05, 3.63) is 69.3 Å².